The Morgan fingerprint density at radius 2 is 1.87 bits per heavy atom. The first-order valence-electron chi connectivity index (χ1n) is 9.43. The van der Waals surface area contributed by atoms with E-state index in [1.807, 2.05) is 0 Å². The van der Waals surface area contributed by atoms with Gasteiger partial charge in [-0.05, 0) is 29.3 Å². The van der Waals surface area contributed by atoms with Gasteiger partial charge in [0.25, 0.3) is 0 Å². The molecule has 0 saturated carbocycles. The van der Waals surface area contributed by atoms with Crippen LogP contribution < -0.4 is 21.3 Å². The molecule has 162 valence electrons. The molecule has 0 spiro atoms. The fraction of sp³-hybridized carbons (Fsp3) is 0.238. The van der Waals surface area contributed by atoms with Gasteiger partial charge in [0.15, 0.2) is 0 Å². The molecule has 0 aliphatic carbocycles. The number of cyclic esters (lactones) is 1. The van der Waals surface area contributed by atoms with Crippen molar-refractivity contribution in [2.24, 2.45) is 5.73 Å². The Kier molecular flexibility index (Phi) is 6.49. The molecule has 0 aromatic heterocycles. The molecule has 31 heavy (non-hydrogen) atoms. The van der Waals surface area contributed by atoms with Crippen molar-refractivity contribution < 1.29 is 28.3 Å². The van der Waals surface area contributed by atoms with Crippen LogP contribution in [-0.4, -0.2) is 43.0 Å². The van der Waals surface area contributed by atoms with Gasteiger partial charge in [0, 0.05) is 19.0 Å². The highest BCUT2D eigenvalue weighted by molar-refractivity contribution is 6.34. The molecule has 3 rings (SSSR count). The lowest BCUT2D eigenvalue weighted by molar-refractivity contribution is -0.137. The largest absolute Gasteiger partial charge is 0.442 e. The molecule has 1 heterocycles. The number of anilines is 1. The van der Waals surface area contributed by atoms with Gasteiger partial charge in [-0.15, -0.1) is 0 Å². The average Bonchev–Trinajstić information content (AvgIpc) is 3.11. The maximum Gasteiger partial charge on any atom is 0.414 e. The summed E-state index contributed by atoms with van der Waals surface area (Å²) in [6, 6.07) is 11.2. The Bertz CT molecular complexity index is 1020. The van der Waals surface area contributed by atoms with Crippen molar-refractivity contribution in [2.45, 2.75) is 19.6 Å². The van der Waals surface area contributed by atoms with E-state index in [9.17, 15) is 23.6 Å². The number of hydrogen-bond acceptors (Lipinski definition) is 5. The summed E-state index contributed by atoms with van der Waals surface area (Å²) in [5, 5.41) is 4.95. The Hall–Kier alpha value is -3.95. The Labute approximate surface area is 177 Å². The van der Waals surface area contributed by atoms with Gasteiger partial charge in [-0.1, -0.05) is 24.3 Å². The number of halogens is 1. The first-order chi connectivity index (χ1) is 14.7. The van der Waals surface area contributed by atoms with Crippen LogP contribution in [-0.2, 0) is 25.7 Å². The number of carbonyl (C=O) groups excluding carboxylic acids is 4. The Morgan fingerprint density at radius 1 is 1.16 bits per heavy atom. The van der Waals surface area contributed by atoms with Crippen molar-refractivity contribution in [3.05, 3.63) is 53.8 Å². The van der Waals surface area contributed by atoms with Crippen LogP contribution in [0.2, 0.25) is 0 Å². The quantitative estimate of drug-likeness (QED) is 0.592. The molecule has 1 fully saturated rings. The van der Waals surface area contributed by atoms with E-state index in [-0.39, 0.29) is 25.5 Å². The number of amides is 4. The summed E-state index contributed by atoms with van der Waals surface area (Å²) in [6.45, 7) is 1.86. The van der Waals surface area contributed by atoms with Crippen LogP contribution in [0, 0.1) is 5.82 Å². The molecule has 0 unspecified atom stereocenters. The van der Waals surface area contributed by atoms with E-state index in [1.54, 1.807) is 36.4 Å². The van der Waals surface area contributed by atoms with Crippen molar-refractivity contribution in [1.82, 2.24) is 10.6 Å². The summed E-state index contributed by atoms with van der Waals surface area (Å²) < 4.78 is 20.0. The third kappa shape index (κ3) is 5.35. The van der Waals surface area contributed by atoms with Gasteiger partial charge >= 0.3 is 17.9 Å². The molecule has 0 radical (unpaired) electrons. The number of nitrogens with two attached hydrogens (primary N) is 1. The van der Waals surface area contributed by atoms with Crippen LogP contribution in [0.3, 0.4) is 0 Å². The summed E-state index contributed by atoms with van der Waals surface area (Å²) in [7, 11) is 0. The first-order valence-corrected chi connectivity index (χ1v) is 9.43. The molecule has 1 atom stereocenters. The molecule has 2 aromatic carbocycles. The van der Waals surface area contributed by atoms with Crippen molar-refractivity contribution in [2.75, 3.05) is 18.0 Å². The van der Waals surface area contributed by atoms with Gasteiger partial charge < -0.3 is 21.1 Å². The van der Waals surface area contributed by atoms with Crippen LogP contribution >= 0.6 is 0 Å². The molecule has 0 bridgehead atoms. The van der Waals surface area contributed by atoms with Crippen LogP contribution in [0.15, 0.2) is 42.5 Å². The van der Waals surface area contributed by atoms with Gasteiger partial charge in [0.05, 0.1) is 18.8 Å². The molecular formula is C21H21FN4O5. The van der Waals surface area contributed by atoms with Crippen LogP contribution in [0.4, 0.5) is 14.9 Å². The highest BCUT2D eigenvalue weighted by atomic mass is 19.1. The lowest BCUT2D eigenvalue weighted by atomic mass is 10.0. The van der Waals surface area contributed by atoms with E-state index < -0.39 is 29.8 Å². The number of rotatable bonds is 6. The molecule has 2 aromatic rings. The van der Waals surface area contributed by atoms with E-state index in [1.165, 1.54) is 17.9 Å². The molecule has 1 aliphatic rings. The molecular weight excluding hydrogens is 407 g/mol. The highest BCUT2D eigenvalue weighted by Gasteiger charge is 2.32. The molecule has 1 saturated heterocycles. The number of nitrogens with one attached hydrogen (secondary N) is 2. The third-order valence-corrected chi connectivity index (χ3v) is 4.66. The number of ether oxygens (including phenoxy) is 1. The summed E-state index contributed by atoms with van der Waals surface area (Å²) >= 11 is 0. The fourth-order valence-corrected chi connectivity index (χ4v) is 3.07. The lowest BCUT2D eigenvalue weighted by Crippen LogP contribution is -2.35. The second kappa shape index (κ2) is 9.24. The summed E-state index contributed by atoms with van der Waals surface area (Å²) in [5.41, 5.74) is 6.86. The van der Waals surface area contributed by atoms with E-state index in [2.05, 4.69) is 10.6 Å². The van der Waals surface area contributed by atoms with E-state index >= 15 is 0 Å². The number of nitrogens with zero attached hydrogens (tertiary/aromatic N) is 1. The van der Waals surface area contributed by atoms with Gasteiger partial charge in [-0.25, -0.2) is 9.18 Å². The molecule has 9 nitrogen and oxygen atoms in total. The van der Waals surface area contributed by atoms with Gasteiger partial charge in [0.1, 0.15) is 11.9 Å². The minimum absolute atomic E-state index is 0.111. The molecule has 10 heteroatoms. The average molecular weight is 428 g/mol. The summed E-state index contributed by atoms with van der Waals surface area (Å²) in [4.78, 5) is 46.4. The van der Waals surface area contributed by atoms with Crippen molar-refractivity contribution in [3.8, 4) is 11.1 Å². The SMILES string of the molecule is CC(=O)NC[C@H]1CN(c2ccc(-c3ccc(CNC(=O)C(N)=O)cc3)c(F)c2)C(=O)O1. The summed E-state index contributed by atoms with van der Waals surface area (Å²) in [6.07, 6.45) is -1.12. The minimum Gasteiger partial charge on any atom is -0.442 e. The normalized spacial score (nSPS) is 15.4. The summed E-state index contributed by atoms with van der Waals surface area (Å²) in [5.74, 6) is -2.70. The second-order valence-corrected chi connectivity index (χ2v) is 6.96. The second-order valence-electron chi connectivity index (χ2n) is 6.96. The van der Waals surface area contributed by atoms with Crippen LogP contribution in [0.5, 0.6) is 0 Å². The topological polar surface area (TPSA) is 131 Å². The van der Waals surface area contributed by atoms with Gasteiger partial charge in [0.2, 0.25) is 5.91 Å². The predicted octanol–water partition coefficient (Wildman–Crippen LogP) is 1.06. The van der Waals surface area contributed by atoms with E-state index in [0.29, 0.717) is 22.4 Å². The lowest BCUT2D eigenvalue weighted by Gasteiger charge is -2.15. The van der Waals surface area contributed by atoms with Crippen LogP contribution in [0.25, 0.3) is 11.1 Å². The van der Waals surface area contributed by atoms with E-state index in [0.717, 1.165) is 0 Å². The standard InChI is InChI=1S/C21H21FN4O5/c1-12(27)24-10-16-11-26(21(30)31-16)15-6-7-17(18(22)8-15)14-4-2-13(3-5-14)9-25-20(29)19(23)28/h2-8,16H,9-11H2,1H3,(H2,23,28)(H,24,27)(H,25,29)/t16-/m0/s1. The zero-order valence-corrected chi connectivity index (χ0v) is 16.7. The van der Waals surface area contributed by atoms with Gasteiger partial charge in [-0.3, -0.25) is 19.3 Å². The highest BCUT2D eigenvalue weighted by Crippen LogP contribution is 2.29. The van der Waals surface area contributed by atoms with Crippen molar-refractivity contribution >= 4 is 29.5 Å². The fourth-order valence-electron chi connectivity index (χ4n) is 3.07. The Balaban J connectivity index is 1.68. The zero-order valence-electron chi connectivity index (χ0n) is 16.7. The molecule has 4 amide bonds. The minimum atomic E-state index is -1.07. The monoisotopic (exact) mass is 428 g/mol. The molecule has 1 aliphatic heterocycles. The third-order valence-electron chi connectivity index (χ3n) is 4.66. The smallest absolute Gasteiger partial charge is 0.414 e. The predicted molar refractivity (Wildman–Crippen MR) is 109 cm³/mol. The number of benzene rings is 2. The maximum absolute atomic E-state index is 14.8. The van der Waals surface area contributed by atoms with Gasteiger partial charge in [-0.2, -0.15) is 0 Å². The number of carbonyl (C=O) groups is 4. The maximum atomic E-state index is 14.8. The Morgan fingerprint density at radius 3 is 2.48 bits per heavy atom. The van der Waals surface area contributed by atoms with Crippen LogP contribution in [0.1, 0.15) is 12.5 Å². The van der Waals surface area contributed by atoms with E-state index in [4.69, 9.17) is 10.5 Å². The number of hydrogen-bond donors (Lipinski definition) is 3. The zero-order chi connectivity index (χ0) is 22.5. The van der Waals surface area contributed by atoms with Crippen molar-refractivity contribution in [3.63, 3.8) is 0 Å². The van der Waals surface area contributed by atoms with Crippen molar-refractivity contribution in [1.29, 1.82) is 0 Å². The first kappa shape index (κ1) is 21.8. The number of primary amides is 1. The molecule has 4 N–H and O–H groups in total.